The Kier molecular flexibility index (Phi) is 5.04. The van der Waals surface area contributed by atoms with E-state index in [1.165, 1.54) is 19.8 Å². The van der Waals surface area contributed by atoms with E-state index in [1.807, 2.05) is 12.1 Å². The quantitative estimate of drug-likeness (QED) is 0.798. The minimum atomic E-state index is -3.24. The van der Waals surface area contributed by atoms with Crippen LogP contribution >= 0.6 is 11.6 Å². The lowest BCUT2D eigenvalue weighted by Crippen LogP contribution is -2.39. The van der Waals surface area contributed by atoms with Crippen molar-refractivity contribution in [3.05, 3.63) is 51.2 Å². The molecule has 1 aliphatic heterocycles. The molecule has 1 aromatic carbocycles. The Morgan fingerprint density at radius 2 is 2.12 bits per heavy atom. The molecule has 2 heterocycles. The number of aromatic nitrogens is 3. The highest BCUT2D eigenvalue weighted by Gasteiger charge is 2.30. The van der Waals surface area contributed by atoms with Crippen molar-refractivity contribution in [2.24, 2.45) is 7.05 Å². The van der Waals surface area contributed by atoms with Crippen LogP contribution < -0.4 is 5.69 Å². The molecule has 1 fully saturated rings. The summed E-state index contributed by atoms with van der Waals surface area (Å²) in [5.41, 5.74) is 0.673. The lowest BCUT2D eigenvalue weighted by molar-refractivity contribution is 0.307. The molecule has 3 rings (SSSR count). The van der Waals surface area contributed by atoms with E-state index >= 15 is 0 Å². The molecule has 1 aromatic heterocycles. The first kappa shape index (κ1) is 18.2. The van der Waals surface area contributed by atoms with Gasteiger partial charge in [-0.2, -0.15) is 5.10 Å². The van der Waals surface area contributed by atoms with Gasteiger partial charge in [-0.05, 0) is 30.5 Å². The van der Waals surface area contributed by atoms with E-state index in [9.17, 15) is 13.2 Å². The number of nitrogens with zero attached hydrogens (tertiary/aromatic N) is 4. The molecule has 0 radical (unpaired) electrons. The second-order valence-electron chi connectivity index (χ2n) is 6.45. The summed E-state index contributed by atoms with van der Waals surface area (Å²) in [5.74, 6) is 0.544. The van der Waals surface area contributed by atoms with Crippen LogP contribution in [0.4, 0.5) is 0 Å². The van der Waals surface area contributed by atoms with Crippen molar-refractivity contribution in [2.75, 3.05) is 19.3 Å². The minimum absolute atomic E-state index is 0.0817. The largest absolute Gasteiger partial charge is 0.345 e. The van der Waals surface area contributed by atoms with Gasteiger partial charge in [0, 0.05) is 31.1 Å². The Hall–Kier alpha value is -1.64. The highest BCUT2D eigenvalue weighted by Crippen LogP contribution is 2.26. The van der Waals surface area contributed by atoms with Crippen LogP contribution in [0.2, 0.25) is 5.02 Å². The van der Waals surface area contributed by atoms with Gasteiger partial charge in [0.1, 0.15) is 5.82 Å². The van der Waals surface area contributed by atoms with Crippen LogP contribution in [0.5, 0.6) is 0 Å². The maximum absolute atomic E-state index is 12.5. The standard InChI is InChI=1S/C16H21ClN4O3S/c1-19-15(13-6-4-8-20(11-13)25(2,23)24)18-21(16(19)22)10-12-5-3-7-14(17)9-12/h3,5,7,9,13H,4,6,8,10-11H2,1-2H3/t13-/m0/s1. The predicted octanol–water partition coefficient (Wildman–Crippen LogP) is 1.42. The molecule has 0 aliphatic carbocycles. The number of benzene rings is 1. The van der Waals surface area contributed by atoms with E-state index in [0.29, 0.717) is 30.5 Å². The van der Waals surface area contributed by atoms with E-state index in [0.717, 1.165) is 18.4 Å². The summed E-state index contributed by atoms with van der Waals surface area (Å²) in [4.78, 5) is 12.5. The molecule has 136 valence electrons. The summed E-state index contributed by atoms with van der Waals surface area (Å²) in [6.45, 7) is 1.21. The maximum atomic E-state index is 12.5. The highest BCUT2D eigenvalue weighted by molar-refractivity contribution is 7.88. The zero-order valence-corrected chi connectivity index (χ0v) is 15.8. The molecule has 0 amide bonds. The van der Waals surface area contributed by atoms with Crippen LogP contribution in [0.1, 0.15) is 30.1 Å². The van der Waals surface area contributed by atoms with Crippen LogP contribution in [-0.2, 0) is 23.6 Å². The van der Waals surface area contributed by atoms with Crippen LogP contribution in [0.25, 0.3) is 0 Å². The average Bonchev–Trinajstić information content (AvgIpc) is 2.83. The van der Waals surface area contributed by atoms with Gasteiger partial charge in [-0.3, -0.25) is 4.57 Å². The molecule has 0 unspecified atom stereocenters. The van der Waals surface area contributed by atoms with Gasteiger partial charge in [0.2, 0.25) is 10.0 Å². The number of piperidine rings is 1. The molecule has 0 spiro atoms. The molecule has 1 saturated heterocycles. The molecule has 1 atom stereocenters. The topological polar surface area (TPSA) is 77.2 Å². The van der Waals surface area contributed by atoms with E-state index in [1.54, 1.807) is 19.2 Å². The van der Waals surface area contributed by atoms with Crippen LogP contribution in [-0.4, -0.2) is 46.4 Å². The summed E-state index contributed by atoms with van der Waals surface area (Å²) in [6, 6.07) is 7.30. The molecule has 25 heavy (non-hydrogen) atoms. The van der Waals surface area contributed by atoms with Crippen molar-refractivity contribution in [2.45, 2.75) is 25.3 Å². The van der Waals surface area contributed by atoms with Crippen molar-refractivity contribution in [1.82, 2.24) is 18.7 Å². The normalized spacial score (nSPS) is 19.2. The fourth-order valence-corrected chi connectivity index (χ4v) is 4.35. The molecule has 0 N–H and O–H groups in total. The summed E-state index contributed by atoms with van der Waals surface area (Å²) in [7, 11) is -1.56. The van der Waals surface area contributed by atoms with E-state index in [2.05, 4.69) is 5.10 Å². The van der Waals surface area contributed by atoms with Gasteiger partial charge < -0.3 is 0 Å². The number of hydrogen-bond acceptors (Lipinski definition) is 4. The van der Waals surface area contributed by atoms with Crippen molar-refractivity contribution in [3.8, 4) is 0 Å². The van der Waals surface area contributed by atoms with Crippen molar-refractivity contribution in [3.63, 3.8) is 0 Å². The van der Waals surface area contributed by atoms with Crippen molar-refractivity contribution >= 4 is 21.6 Å². The van der Waals surface area contributed by atoms with Gasteiger partial charge in [-0.25, -0.2) is 22.2 Å². The molecule has 1 aliphatic rings. The second kappa shape index (κ2) is 6.93. The number of halogens is 1. The van der Waals surface area contributed by atoms with Gasteiger partial charge in [0.05, 0.1) is 12.8 Å². The molecule has 0 bridgehead atoms. The van der Waals surface area contributed by atoms with Gasteiger partial charge in [-0.15, -0.1) is 0 Å². The molecule has 9 heteroatoms. The fourth-order valence-electron chi connectivity index (χ4n) is 3.23. The lowest BCUT2D eigenvalue weighted by Gasteiger charge is -2.30. The SMILES string of the molecule is Cn1c([C@H]2CCCN(S(C)(=O)=O)C2)nn(Cc2cccc(Cl)c2)c1=O. The van der Waals surface area contributed by atoms with E-state index in [4.69, 9.17) is 11.6 Å². The third-order valence-electron chi connectivity index (χ3n) is 4.51. The monoisotopic (exact) mass is 384 g/mol. The predicted molar refractivity (Wildman–Crippen MR) is 96.4 cm³/mol. The van der Waals surface area contributed by atoms with Crippen LogP contribution in [0.15, 0.2) is 29.1 Å². The Balaban J connectivity index is 1.87. The summed E-state index contributed by atoms with van der Waals surface area (Å²) in [6.07, 6.45) is 2.78. The minimum Gasteiger partial charge on any atom is -0.282 e. The Labute approximate surface area is 151 Å². The summed E-state index contributed by atoms with van der Waals surface area (Å²) < 4.78 is 28.0. The van der Waals surface area contributed by atoms with Gasteiger partial charge in [0.25, 0.3) is 0 Å². The zero-order valence-electron chi connectivity index (χ0n) is 14.2. The summed E-state index contributed by atoms with van der Waals surface area (Å²) in [5, 5.41) is 5.09. The van der Waals surface area contributed by atoms with Crippen LogP contribution in [0.3, 0.4) is 0 Å². The molecular weight excluding hydrogens is 364 g/mol. The van der Waals surface area contributed by atoms with Crippen LogP contribution in [0, 0.1) is 0 Å². The maximum Gasteiger partial charge on any atom is 0.345 e. The Morgan fingerprint density at radius 1 is 1.36 bits per heavy atom. The first-order valence-corrected chi connectivity index (χ1v) is 10.3. The summed E-state index contributed by atoms with van der Waals surface area (Å²) >= 11 is 5.99. The Morgan fingerprint density at radius 3 is 2.80 bits per heavy atom. The number of hydrogen-bond donors (Lipinski definition) is 0. The Bertz CT molecular complexity index is 935. The van der Waals surface area contributed by atoms with Crippen molar-refractivity contribution < 1.29 is 8.42 Å². The fraction of sp³-hybridized carbons (Fsp3) is 0.500. The molecule has 7 nitrogen and oxygen atoms in total. The third-order valence-corrected chi connectivity index (χ3v) is 6.02. The van der Waals surface area contributed by atoms with Gasteiger partial charge in [0.15, 0.2) is 0 Å². The number of sulfonamides is 1. The molecule has 2 aromatic rings. The average molecular weight is 385 g/mol. The van der Waals surface area contributed by atoms with E-state index in [-0.39, 0.29) is 11.6 Å². The first-order chi connectivity index (χ1) is 11.8. The highest BCUT2D eigenvalue weighted by atomic mass is 35.5. The third kappa shape index (κ3) is 3.96. The zero-order chi connectivity index (χ0) is 18.2. The van der Waals surface area contributed by atoms with E-state index < -0.39 is 10.0 Å². The van der Waals surface area contributed by atoms with Crippen molar-refractivity contribution in [1.29, 1.82) is 0 Å². The molecule has 0 saturated carbocycles. The van der Waals surface area contributed by atoms with Gasteiger partial charge in [-0.1, -0.05) is 23.7 Å². The smallest absolute Gasteiger partial charge is 0.282 e. The van der Waals surface area contributed by atoms with Gasteiger partial charge >= 0.3 is 5.69 Å². The second-order valence-corrected chi connectivity index (χ2v) is 8.87. The molecular formula is C16H21ClN4O3S. The first-order valence-electron chi connectivity index (χ1n) is 8.09. The lowest BCUT2D eigenvalue weighted by atomic mass is 9.99. The number of rotatable bonds is 4.